The molecule has 0 aromatic carbocycles. The normalized spacial score (nSPS) is 13.8. The second-order valence-corrected chi connectivity index (χ2v) is 4.20. The number of carboxylic acids is 1. The summed E-state index contributed by atoms with van der Waals surface area (Å²) in [5.41, 5.74) is -1.33. The van der Waals surface area contributed by atoms with Gasteiger partial charge in [0.05, 0.1) is 25.2 Å². The lowest BCUT2D eigenvalue weighted by atomic mass is 10.0. The number of anilines is 1. The molecule has 0 fully saturated rings. The lowest BCUT2D eigenvalue weighted by molar-refractivity contribution is 0.0475. The summed E-state index contributed by atoms with van der Waals surface area (Å²) in [6, 6.07) is 3.35. The third kappa shape index (κ3) is 3.08. The monoisotopic (exact) mass is 263 g/mol. The highest BCUT2D eigenvalue weighted by atomic mass is 16.4. The van der Waals surface area contributed by atoms with Gasteiger partial charge in [-0.1, -0.05) is 0 Å². The van der Waals surface area contributed by atoms with Crippen molar-refractivity contribution in [1.82, 2.24) is 9.97 Å². The minimum Gasteiger partial charge on any atom is -0.476 e. The minimum atomic E-state index is -1.20. The summed E-state index contributed by atoms with van der Waals surface area (Å²) in [5, 5.41) is 21.7. The Kier molecular flexibility index (Phi) is 3.48. The van der Waals surface area contributed by atoms with Gasteiger partial charge in [-0.2, -0.15) is 0 Å². The molecule has 2 rings (SSSR count). The first kappa shape index (κ1) is 13.0. The van der Waals surface area contributed by atoms with Gasteiger partial charge < -0.3 is 19.9 Å². The minimum absolute atomic E-state index is 0.136. The second kappa shape index (κ2) is 5.07. The van der Waals surface area contributed by atoms with E-state index in [1.165, 1.54) is 12.5 Å². The van der Waals surface area contributed by atoms with E-state index in [0.717, 1.165) is 6.20 Å². The highest BCUT2D eigenvalue weighted by Crippen LogP contribution is 2.21. The highest BCUT2D eigenvalue weighted by molar-refractivity contribution is 5.84. The molecular weight excluding hydrogens is 250 g/mol. The van der Waals surface area contributed by atoms with Gasteiger partial charge in [0, 0.05) is 0 Å². The average Bonchev–Trinajstić information content (AvgIpc) is 2.91. The molecule has 2 aromatic heterocycles. The second-order valence-electron chi connectivity index (χ2n) is 4.20. The summed E-state index contributed by atoms with van der Waals surface area (Å²) in [6.45, 7) is 1.75. The van der Waals surface area contributed by atoms with Gasteiger partial charge in [-0.15, -0.1) is 0 Å². The first-order valence-electron chi connectivity index (χ1n) is 5.54. The number of carbonyl (C=O) groups is 1. The van der Waals surface area contributed by atoms with Crippen LogP contribution in [0.4, 0.5) is 5.82 Å². The Balaban J connectivity index is 2.00. The van der Waals surface area contributed by atoms with E-state index in [1.807, 2.05) is 0 Å². The van der Waals surface area contributed by atoms with E-state index in [1.54, 1.807) is 19.1 Å². The van der Waals surface area contributed by atoms with E-state index in [-0.39, 0.29) is 12.2 Å². The van der Waals surface area contributed by atoms with Crippen molar-refractivity contribution in [3.05, 3.63) is 42.2 Å². The summed E-state index contributed by atoms with van der Waals surface area (Å²) in [6.07, 6.45) is 3.92. The molecule has 1 atom stereocenters. The Morgan fingerprint density at radius 2 is 2.26 bits per heavy atom. The van der Waals surface area contributed by atoms with Crippen molar-refractivity contribution in [2.75, 3.05) is 11.9 Å². The van der Waals surface area contributed by atoms with Crippen LogP contribution in [-0.2, 0) is 5.60 Å². The number of furan rings is 1. The zero-order valence-corrected chi connectivity index (χ0v) is 10.2. The summed E-state index contributed by atoms with van der Waals surface area (Å²) in [4.78, 5) is 18.2. The zero-order valence-electron chi connectivity index (χ0n) is 10.2. The molecule has 2 heterocycles. The molecule has 0 aliphatic carbocycles. The van der Waals surface area contributed by atoms with Gasteiger partial charge in [-0.25, -0.2) is 14.8 Å². The van der Waals surface area contributed by atoms with Crippen LogP contribution >= 0.6 is 0 Å². The molecule has 0 aliphatic heterocycles. The fourth-order valence-electron chi connectivity index (χ4n) is 1.46. The van der Waals surface area contributed by atoms with E-state index in [4.69, 9.17) is 9.52 Å². The fourth-order valence-corrected chi connectivity index (χ4v) is 1.46. The number of hydrogen-bond acceptors (Lipinski definition) is 6. The molecule has 0 aliphatic rings. The maximum Gasteiger partial charge on any atom is 0.356 e. The van der Waals surface area contributed by atoms with Crippen LogP contribution in [-0.4, -0.2) is 32.7 Å². The van der Waals surface area contributed by atoms with Crippen LogP contribution in [0.2, 0.25) is 0 Å². The largest absolute Gasteiger partial charge is 0.476 e. The van der Waals surface area contributed by atoms with Gasteiger partial charge in [0.2, 0.25) is 0 Å². The first-order chi connectivity index (χ1) is 8.99. The molecule has 100 valence electrons. The molecular formula is C12H13N3O4. The Morgan fingerprint density at radius 1 is 1.47 bits per heavy atom. The van der Waals surface area contributed by atoms with E-state index in [0.29, 0.717) is 11.6 Å². The number of hydrogen-bond donors (Lipinski definition) is 3. The van der Waals surface area contributed by atoms with Crippen molar-refractivity contribution in [2.45, 2.75) is 12.5 Å². The predicted octanol–water partition coefficient (Wildman–Crippen LogP) is 1.09. The molecule has 19 heavy (non-hydrogen) atoms. The van der Waals surface area contributed by atoms with Crippen molar-refractivity contribution >= 4 is 11.8 Å². The fraction of sp³-hybridized carbons (Fsp3) is 0.250. The van der Waals surface area contributed by atoms with Crippen molar-refractivity contribution in [3.8, 4) is 0 Å². The van der Waals surface area contributed by atoms with Gasteiger partial charge in [0.1, 0.15) is 17.2 Å². The summed E-state index contributed by atoms with van der Waals surface area (Å²) in [5.74, 6) is -0.339. The van der Waals surface area contributed by atoms with Crippen LogP contribution in [0.3, 0.4) is 0 Å². The zero-order chi connectivity index (χ0) is 13.9. The highest BCUT2D eigenvalue weighted by Gasteiger charge is 2.26. The quantitative estimate of drug-likeness (QED) is 0.740. The van der Waals surface area contributed by atoms with E-state index in [9.17, 15) is 9.90 Å². The van der Waals surface area contributed by atoms with Crippen LogP contribution < -0.4 is 5.32 Å². The van der Waals surface area contributed by atoms with Crippen LogP contribution in [0.15, 0.2) is 35.2 Å². The lowest BCUT2D eigenvalue weighted by Crippen LogP contribution is -2.30. The summed E-state index contributed by atoms with van der Waals surface area (Å²) >= 11 is 0. The molecule has 7 heteroatoms. The molecule has 0 amide bonds. The molecule has 0 radical (unpaired) electrons. The smallest absolute Gasteiger partial charge is 0.356 e. The van der Waals surface area contributed by atoms with E-state index in [2.05, 4.69) is 15.3 Å². The number of aromatic nitrogens is 2. The topological polar surface area (TPSA) is 108 Å². The number of aliphatic hydroxyl groups is 1. The summed E-state index contributed by atoms with van der Waals surface area (Å²) in [7, 11) is 0. The van der Waals surface area contributed by atoms with Crippen molar-refractivity contribution < 1.29 is 19.4 Å². The number of nitrogens with zero attached hydrogens (tertiary/aromatic N) is 2. The maximum atomic E-state index is 10.6. The third-order valence-corrected chi connectivity index (χ3v) is 2.54. The molecule has 3 N–H and O–H groups in total. The third-order valence-electron chi connectivity index (χ3n) is 2.54. The molecule has 0 bridgehead atoms. The molecule has 7 nitrogen and oxygen atoms in total. The van der Waals surface area contributed by atoms with Crippen molar-refractivity contribution in [3.63, 3.8) is 0 Å². The number of rotatable bonds is 5. The average molecular weight is 263 g/mol. The first-order valence-corrected chi connectivity index (χ1v) is 5.54. The van der Waals surface area contributed by atoms with Gasteiger partial charge in [0.25, 0.3) is 0 Å². The molecule has 0 saturated heterocycles. The van der Waals surface area contributed by atoms with Crippen LogP contribution in [0.5, 0.6) is 0 Å². The Bertz CT molecular complexity index is 549. The van der Waals surface area contributed by atoms with Crippen LogP contribution in [0.25, 0.3) is 0 Å². The number of nitrogens with one attached hydrogen (secondary N) is 1. The number of aromatic carboxylic acids is 1. The van der Waals surface area contributed by atoms with Gasteiger partial charge in [0.15, 0.2) is 5.69 Å². The maximum absolute atomic E-state index is 10.6. The Hall–Kier alpha value is -2.41. The van der Waals surface area contributed by atoms with Crippen LogP contribution in [0, 0.1) is 0 Å². The van der Waals surface area contributed by atoms with Gasteiger partial charge in [-0.3, -0.25) is 0 Å². The van der Waals surface area contributed by atoms with Crippen LogP contribution in [0.1, 0.15) is 23.2 Å². The predicted molar refractivity (Wildman–Crippen MR) is 65.8 cm³/mol. The Morgan fingerprint density at radius 3 is 2.79 bits per heavy atom. The van der Waals surface area contributed by atoms with Crippen molar-refractivity contribution in [2.24, 2.45) is 0 Å². The molecule has 0 saturated carbocycles. The van der Waals surface area contributed by atoms with Crippen molar-refractivity contribution in [1.29, 1.82) is 0 Å². The molecule has 2 aromatic rings. The lowest BCUT2D eigenvalue weighted by Gasteiger charge is -2.21. The van der Waals surface area contributed by atoms with E-state index < -0.39 is 11.6 Å². The Labute approximate surface area is 108 Å². The molecule has 0 spiro atoms. The number of carboxylic acid groups (broad SMARTS) is 1. The SMILES string of the molecule is CC(O)(CNc1cnc(C(=O)O)cn1)c1ccco1. The summed E-state index contributed by atoms with van der Waals surface area (Å²) < 4.78 is 5.13. The standard InChI is InChI=1S/C12H13N3O4/c1-12(18,9-3-2-4-19-9)7-15-10-6-13-8(5-14-10)11(16)17/h2-6,18H,7H2,1H3,(H,14,15)(H,16,17). The van der Waals surface area contributed by atoms with Gasteiger partial charge in [-0.05, 0) is 19.1 Å². The molecule has 1 unspecified atom stereocenters. The van der Waals surface area contributed by atoms with Gasteiger partial charge >= 0.3 is 5.97 Å². The van der Waals surface area contributed by atoms with E-state index >= 15 is 0 Å².